The first-order valence-electron chi connectivity index (χ1n) is 4.52. The fourth-order valence-corrected chi connectivity index (χ4v) is 0.864. The van der Waals surface area contributed by atoms with E-state index in [-0.39, 0.29) is 13.2 Å². The van der Waals surface area contributed by atoms with Gasteiger partial charge < -0.3 is 15.6 Å². The van der Waals surface area contributed by atoms with Crippen molar-refractivity contribution in [3.05, 3.63) is 23.7 Å². The number of rotatable bonds is 7. The van der Waals surface area contributed by atoms with Crippen LogP contribution < -0.4 is 5.73 Å². The van der Waals surface area contributed by atoms with Gasteiger partial charge in [0.1, 0.15) is 6.04 Å². The largest absolute Gasteiger partial charge is 0.480 e. The highest BCUT2D eigenvalue weighted by molar-refractivity contribution is 5.73. The third kappa shape index (κ3) is 6.86. The highest BCUT2D eigenvalue weighted by atomic mass is 19.1. The monoisotopic (exact) mass is 230 g/mol. The Kier molecular flexibility index (Phi) is 6.98. The quantitative estimate of drug-likeness (QED) is 0.502. The van der Waals surface area contributed by atoms with Crippen molar-refractivity contribution in [1.29, 1.82) is 0 Å². The van der Waals surface area contributed by atoms with Crippen molar-refractivity contribution in [3.8, 4) is 0 Å². The van der Waals surface area contributed by atoms with Gasteiger partial charge in [-0.15, -0.1) is 0 Å². The molecule has 0 aromatic carbocycles. The van der Waals surface area contributed by atoms with Crippen molar-refractivity contribution >= 4 is 12.7 Å². The SMILES string of the molecule is C=N/C=C(\C=C(/C)F)COC[C@H](N)C(=O)O. The zero-order valence-electron chi connectivity index (χ0n) is 9.02. The topological polar surface area (TPSA) is 84.9 Å². The first-order valence-corrected chi connectivity index (χ1v) is 4.52. The summed E-state index contributed by atoms with van der Waals surface area (Å²) < 4.78 is 17.6. The minimum absolute atomic E-state index is 0.0290. The number of carbonyl (C=O) groups is 1. The Morgan fingerprint density at radius 1 is 1.75 bits per heavy atom. The molecule has 0 heterocycles. The van der Waals surface area contributed by atoms with Gasteiger partial charge in [0.2, 0.25) is 0 Å². The average molecular weight is 230 g/mol. The Bertz CT molecular complexity index is 309. The molecule has 0 radical (unpaired) electrons. The molecule has 0 aromatic rings. The number of halogens is 1. The molecule has 6 heteroatoms. The third-order valence-corrected chi connectivity index (χ3v) is 1.52. The van der Waals surface area contributed by atoms with Crippen molar-refractivity contribution < 1.29 is 19.0 Å². The minimum atomic E-state index is -1.15. The zero-order chi connectivity index (χ0) is 12.6. The summed E-state index contributed by atoms with van der Waals surface area (Å²) in [7, 11) is 0. The smallest absolute Gasteiger partial charge is 0.322 e. The zero-order valence-corrected chi connectivity index (χ0v) is 9.02. The number of nitrogens with zero attached hydrogens (tertiary/aromatic N) is 1. The summed E-state index contributed by atoms with van der Waals surface area (Å²) in [5.41, 5.74) is 5.66. The van der Waals surface area contributed by atoms with Gasteiger partial charge in [0, 0.05) is 6.20 Å². The van der Waals surface area contributed by atoms with Gasteiger partial charge in [-0.05, 0) is 25.3 Å². The summed E-state index contributed by atoms with van der Waals surface area (Å²) in [5, 5.41) is 8.48. The number of carboxylic acid groups (broad SMARTS) is 1. The van der Waals surface area contributed by atoms with Crippen LogP contribution in [0.15, 0.2) is 28.7 Å². The number of aliphatic carboxylic acids is 1. The Morgan fingerprint density at radius 2 is 2.38 bits per heavy atom. The molecular formula is C10H15FN2O3. The summed E-state index contributed by atoms with van der Waals surface area (Å²) in [4.78, 5) is 13.8. The first kappa shape index (κ1) is 14.5. The molecular weight excluding hydrogens is 215 g/mol. The predicted octanol–water partition coefficient (Wildman–Crippen LogP) is 0.873. The van der Waals surface area contributed by atoms with Gasteiger partial charge in [0.15, 0.2) is 0 Å². The number of carboxylic acids is 1. The molecule has 90 valence electrons. The molecule has 0 aliphatic rings. The molecule has 0 amide bonds. The van der Waals surface area contributed by atoms with Gasteiger partial charge in [-0.25, -0.2) is 4.39 Å². The molecule has 1 atom stereocenters. The van der Waals surface area contributed by atoms with Gasteiger partial charge in [-0.2, -0.15) is 0 Å². The van der Waals surface area contributed by atoms with Gasteiger partial charge in [-0.3, -0.25) is 9.79 Å². The molecule has 0 bridgehead atoms. The Morgan fingerprint density at radius 3 is 2.81 bits per heavy atom. The third-order valence-electron chi connectivity index (χ3n) is 1.52. The van der Waals surface area contributed by atoms with Crippen molar-refractivity contribution in [3.63, 3.8) is 0 Å². The fourth-order valence-electron chi connectivity index (χ4n) is 0.864. The first-order chi connectivity index (χ1) is 7.47. The van der Waals surface area contributed by atoms with E-state index in [2.05, 4.69) is 11.7 Å². The lowest BCUT2D eigenvalue weighted by atomic mass is 10.2. The Labute approximate surface area is 93.1 Å². The Balaban J connectivity index is 4.15. The summed E-state index contributed by atoms with van der Waals surface area (Å²) >= 11 is 0. The van der Waals surface area contributed by atoms with Crippen LogP contribution in [0.3, 0.4) is 0 Å². The van der Waals surface area contributed by atoms with Gasteiger partial charge in [0.05, 0.1) is 19.0 Å². The van der Waals surface area contributed by atoms with Crippen molar-refractivity contribution in [2.75, 3.05) is 13.2 Å². The van der Waals surface area contributed by atoms with Crippen LogP contribution in [0, 0.1) is 0 Å². The fraction of sp³-hybridized carbons (Fsp3) is 0.400. The lowest BCUT2D eigenvalue weighted by molar-refractivity contribution is -0.139. The standard InChI is InChI=1S/C10H15FN2O3/c1-7(11)3-8(4-13-2)5-16-6-9(12)10(14)15/h3-4,9H,2,5-6,12H2,1H3,(H,14,15)/b7-3+,8-4+/t9-/m0/s1. The molecule has 0 spiro atoms. The number of nitrogens with two attached hydrogens (primary N) is 1. The second-order valence-electron chi connectivity index (χ2n) is 3.08. The normalized spacial score (nSPS) is 14.7. The van der Waals surface area contributed by atoms with Crippen molar-refractivity contribution in [2.24, 2.45) is 10.7 Å². The maximum absolute atomic E-state index is 12.6. The van der Waals surface area contributed by atoms with E-state index >= 15 is 0 Å². The average Bonchev–Trinajstić information content (AvgIpc) is 2.16. The number of hydrogen-bond donors (Lipinski definition) is 2. The lowest BCUT2D eigenvalue weighted by Crippen LogP contribution is -2.35. The Hall–Kier alpha value is -1.53. The van der Waals surface area contributed by atoms with Crippen molar-refractivity contribution in [2.45, 2.75) is 13.0 Å². The summed E-state index contributed by atoms with van der Waals surface area (Å²) in [6.45, 7) is 4.38. The van der Waals surface area contributed by atoms with E-state index in [0.717, 1.165) is 0 Å². The highest BCUT2D eigenvalue weighted by Crippen LogP contribution is 2.04. The van der Waals surface area contributed by atoms with E-state index in [1.54, 1.807) is 0 Å². The summed E-state index contributed by atoms with van der Waals surface area (Å²) in [6, 6.07) is -1.09. The second kappa shape index (κ2) is 7.72. The maximum Gasteiger partial charge on any atom is 0.322 e. The summed E-state index contributed by atoms with van der Waals surface area (Å²) in [6.07, 6.45) is 2.55. The molecule has 16 heavy (non-hydrogen) atoms. The number of hydrogen-bond acceptors (Lipinski definition) is 4. The molecule has 5 nitrogen and oxygen atoms in total. The van der Waals surface area contributed by atoms with E-state index in [1.807, 2.05) is 0 Å². The van der Waals surface area contributed by atoms with E-state index in [0.29, 0.717) is 5.57 Å². The van der Waals surface area contributed by atoms with Gasteiger partial charge in [-0.1, -0.05) is 0 Å². The number of ether oxygens (including phenoxy) is 1. The van der Waals surface area contributed by atoms with Crippen LogP contribution in [-0.4, -0.2) is 37.0 Å². The molecule has 0 aromatic heterocycles. The number of allylic oxidation sites excluding steroid dienone is 1. The van der Waals surface area contributed by atoms with Crippen LogP contribution in [0.1, 0.15) is 6.92 Å². The molecule has 0 saturated heterocycles. The minimum Gasteiger partial charge on any atom is -0.480 e. The molecule has 0 saturated carbocycles. The van der Waals surface area contributed by atoms with Gasteiger partial charge >= 0.3 is 5.97 Å². The lowest BCUT2D eigenvalue weighted by Gasteiger charge is -2.07. The maximum atomic E-state index is 12.6. The van der Waals surface area contributed by atoms with Crippen LogP contribution in [0.5, 0.6) is 0 Å². The van der Waals surface area contributed by atoms with Crippen LogP contribution in [0.2, 0.25) is 0 Å². The predicted molar refractivity (Wildman–Crippen MR) is 58.9 cm³/mol. The molecule has 0 unspecified atom stereocenters. The van der Waals surface area contributed by atoms with E-state index in [4.69, 9.17) is 15.6 Å². The molecule has 0 fully saturated rings. The summed E-state index contributed by atoms with van der Waals surface area (Å²) in [5.74, 6) is -1.55. The van der Waals surface area contributed by atoms with Crippen molar-refractivity contribution in [1.82, 2.24) is 0 Å². The van der Waals surface area contributed by atoms with Crippen LogP contribution in [0.4, 0.5) is 4.39 Å². The van der Waals surface area contributed by atoms with Crippen LogP contribution in [0.25, 0.3) is 0 Å². The number of aliphatic imine (C=N–C) groups is 1. The molecule has 3 N–H and O–H groups in total. The van der Waals surface area contributed by atoms with Crippen LogP contribution >= 0.6 is 0 Å². The van der Waals surface area contributed by atoms with Crippen LogP contribution in [-0.2, 0) is 9.53 Å². The second-order valence-corrected chi connectivity index (χ2v) is 3.08. The molecule has 0 aliphatic carbocycles. The van der Waals surface area contributed by atoms with Gasteiger partial charge in [0.25, 0.3) is 0 Å². The van der Waals surface area contributed by atoms with E-state index in [1.165, 1.54) is 19.2 Å². The molecule has 0 aliphatic heterocycles. The van der Waals surface area contributed by atoms with E-state index < -0.39 is 17.8 Å². The van der Waals surface area contributed by atoms with E-state index in [9.17, 15) is 9.18 Å². The molecule has 0 rings (SSSR count). The highest BCUT2D eigenvalue weighted by Gasteiger charge is 2.11.